The SMILES string of the molecule is CCCNc1nc(NCc2sccc2Br)c2cn[nH]c2n1. The molecule has 0 aliphatic heterocycles. The number of hydrogen-bond acceptors (Lipinski definition) is 6. The molecule has 0 bridgehead atoms. The van der Waals surface area contributed by atoms with Crippen molar-refractivity contribution in [3.8, 4) is 0 Å². The van der Waals surface area contributed by atoms with Crippen LogP contribution in [0.2, 0.25) is 0 Å². The van der Waals surface area contributed by atoms with E-state index in [0.717, 1.165) is 34.3 Å². The van der Waals surface area contributed by atoms with Crippen molar-refractivity contribution in [2.24, 2.45) is 0 Å². The van der Waals surface area contributed by atoms with Crippen LogP contribution in [0, 0.1) is 0 Å². The zero-order valence-electron chi connectivity index (χ0n) is 11.5. The van der Waals surface area contributed by atoms with Gasteiger partial charge in [0.2, 0.25) is 5.95 Å². The van der Waals surface area contributed by atoms with Crippen LogP contribution in [-0.2, 0) is 6.54 Å². The Kier molecular flexibility index (Phi) is 4.35. The molecule has 3 aromatic heterocycles. The average Bonchev–Trinajstić information content (AvgIpc) is 3.11. The number of fused-ring (bicyclic) bond motifs is 1. The number of aromatic nitrogens is 4. The summed E-state index contributed by atoms with van der Waals surface area (Å²) < 4.78 is 1.11. The van der Waals surface area contributed by atoms with Gasteiger partial charge in [-0.25, -0.2) is 0 Å². The number of H-pyrrole nitrogens is 1. The number of nitrogens with zero attached hydrogens (tertiary/aromatic N) is 3. The van der Waals surface area contributed by atoms with Crippen molar-refractivity contribution in [2.75, 3.05) is 17.2 Å². The number of aromatic amines is 1. The Labute approximate surface area is 134 Å². The maximum atomic E-state index is 4.54. The number of nitrogens with one attached hydrogen (secondary N) is 3. The van der Waals surface area contributed by atoms with Crippen molar-refractivity contribution < 1.29 is 0 Å². The van der Waals surface area contributed by atoms with Crippen LogP contribution in [0.5, 0.6) is 0 Å². The van der Waals surface area contributed by atoms with Crippen molar-refractivity contribution in [1.29, 1.82) is 0 Å². The number of hydrogen-bond donors (Lipinski definition) is 3. The van der Waals surface area contributed by atoms with Crippen molar-refractivity contribution >= 4 is 50.1 Å². The van der Waals surface area contributed by atoms with Gasteiger partial charge >= 0.3 is 0 Å². The van der Waals surface area contributed by atoms with Gasteiger partial charge in [0.05, 0.1) is 18.1 Å². The molecule has 0 aliphatic carbocycles. The summed E-state index contributed by atoms with van der Waals surface area (Å²) in [6.07, 6.45) is 2.76. The Morgan fingerprint density at radius 3 is 3.00 bits per heavy atom. The van der Waals surface area contributed by atoms with Gasteiger partial charge in [-0.2, -0.15) is 15.1 Å². The van der Waals surface area contributed by atoms with E-state index in [1.165, 1.54) is 4.88 Å². The summed E-state index contributed by atoms with van der Waals surface area (Å²) in [5, 5.41) is 16.5. The maximum absolute atomic E-state index is 4.54. The fourth-order valence-electron chi connectivity index (χ4n) is 1.90. The number of thiophene rings is 1. The van der Waals surface area contributed by atoms with Gasteiger partial charge in [-0.1, -0.05) is 6.92 Å². The lowest BCUT2D eigenvalue weighted by Gasteiger charge is -2.09. The average molecular weight is 367 g/mol. The van der Waals surface area contributed by atoms with E-state index < -0.39 is 0 Å². The number of anilines is 2. The summed E-state index contributed by atoms with van der Waals surface area (Å²) in [5.74, 6) is 1.40. The lowest BCUT2D eigenvalue weighted by Crippen LogP contribution is -2.08. The molecule has 0 spiro atoms. The molecule has 0 atom stereocenters. The first-order valence-electron chi connectivity index (χ1n) is 6.68. The molecule has 3 rings (SSSR count). The molecule has 0 amide bonds. The van der Waals surface area contributed by atoms with E-state index in [9.17, 15) is 0 Å². The van der Waals surface area contributed by atoms with Crippen LogP contribution >= 0.6 is 27.3 Å². The second-order valence-electron chi connectivity index (χ2n) is 4.50. The quantitative estimate of drug-likeness (QED) is 0.620. The summed E-state index contributed by atoms with van der Waals surface area (Å²) in [6, 6.07) is 2.04. The largest absolute Gasteiger partial charge is 0.364 e. The van der Waals surface area contributed by atoms with Gasteiger partial charge in [0, 0.05) is 15.9 Å². The Bertz CT molecular complexity index is 737. The molecule has 3 N–H and O–H groups in total. The molecule has 3 aromatic rings. The van der Waals surface area contributed by atoms with E-state index >= 15 is 0 Å². The van der Waals surface area contributed by atoms with Crippen molar-refractivity contribution in [2.45, 2.75) is 19.9 Å². The fraction of sp³-hybridized carbons (Fsp3) is 0.308. The third kappa shape index (κ3) is 3.16. The van der Waals surface area contributed by atoms with Crippen molar-refractivity contribution in [3.63, 3.8) is 0 Å². The highest BCUT2D eigenvalue weighted by Gasteiger charge is 2.10. The molecule has 0 unspecified atom stereocenters. The molecular weight excluding hydrogens is 352 g/mol. The van der Waals surface area contributed by atoms with E-state index in [0.29, 0.717) is 12.5 Å². The number of rotatable bonds is 6. The monoisotopic (exact) mass is 366 g/mol. The minimum atomic E-state index is 0.612. The third-order valence-electron chi connectivity index (χ3n) is 2.95. The zero-order valence-corrected chi connectivity index (χ0v) is 13.9. The van der Waals surface area contributed by atoms with Crippen LogP contribution in [0.15, 0.2) is 22.1 Å². The predicted molar refractivity (Wildman–Crippen MR) is 89.8 cm³/mol. The van der Waals surface area contributed by atoms with Crippen LogP contribution in [-0.4, -0.2) is 26.7 Å². The first-order valence-corrected chi connectivity index (χ1v) is 8.36. The van der Waals surface area contributed by atoms with E-state index in [4.69, 9.17) is 0 Å². The van der Waals surface area contributed by atoms with Crippen LogP contribution < -0.4 is 10.6 Å². The minimum absolute atomic E-state index is 0.612. The molecule has 0 aromatic carbocycles. The summed E-state index contributed by atoms with van der Waals surface area (Å²) in [4.78, 5) is 10.2. The van der Waals surface area contributed by atoms with Gasteiger partial charge in [-0.05, 0) is 33.8 Å². The molecule has 0 fully saturated rings. The second-order valence-corrected chi connectivity index (χ2v) is 6.36. The molecule has 0 aliphatic rings. The summed E-state index contributed by atoms with van der Waals surface area (Å²) in [5.41, 5.74) is 0.733. The van der Waals surface area contributed by atoms with Crippen molar-refractivity contribution in [1.82, 2.24) is 20.2 Å². The van der Waals surface area contributed by atoms with Gasteiger partial charge in [-0.15, -0.1) is 11.3 Å². The van der Waals surface area contributed by atoms with E-state index in [-0.39, 0.29) is 0 Å². The highest BCUT2D eigenvalue weighted by Crippen LogP contribution is 2.25. The van der Waals surface area contributed by atoms with Crippen LogP contribution in [0.3, 0.4) is 0 Å². The van der Waals surface area contributed by atoms with Gasteiger partial charge in [0.25, 0.3) is 0 Å². The highest BCUT2D eigenvalue weighted by molar-refractivity contribution is 9.10. The Morgan fingerprint density at radius 1 is 1.33 bits per heavy atom. The van der Waals surface area contributed by atoms with E-state index in [2.05, 4.69) is 59.0 Å². The maximum Gasteiger partial charge on any atom is 0.226 e. The molecule has 0 saturated carbocycles. The Hall–Kier alpha value is -1.67. The first kappa shape index (κ1) is 14.3. The molecule has 8 heteroatoms. The van der Waals surface area contributed by atoms with E-state index in [1.807, 2.05) is 6.07 Å². The summed E-state index contributed by atoms with van der Waals surface area (Å²) in [7, 11) is 0. The van der Waals surface area contributed by atoms with Crippen LogP contribution in [0.1, 0.15) is 18.2 Å². The standard InChI is InChI=1S/C13H15BrN6S/c1-2-4-15-13-18-11(8-6-17-20-12(8)19-13)16-7-10-9(14)3-5-21-10/h3,5-6H,2,4,7H2,1H3,(H3,15,16,17,18,19,20). The molecule has 110 valence electrons. The molecule has 0 radical (unpaired) electrons. The summed E-state index contributed by atoms with van der Waals surface area (Å²) in [6.45, 7) is 3.66. The lowest BCUT2D eigenvalue weighted by molar-refractivity contribution is 0.953. The highest BCUT2D eigenvalue weighted by atomic mass is 79.9. The Balaban J connectivity index is 1.85. The molecule has 0 saturated heterocycles. The third-order valence-corrected chi connectivity index (χ3v) is 4.88. The van der Waals surface area contributed by atoms with Crippen LogP contribution in [0.25, 0.3) is 11.0 Å². The van der Waals surface area contributed by atoms with Gasteiger partial charge < -0.3 is 10.6 Å². The zero-order chi connectivity index (χ0) is 14.7. The molecule has 21 heavy (non-hydrogen) atoms. The van der Waals surface area contributed by atoms with E-state index in [1.54, 1.807) is 17.5 Å². The normalized spacial score (nSPS) is 11.0. The molecular formula is C13H15BrN6S. The predicted octanol–water partition coefficient (Wildman–Crippen LogP) is 3.61. The minimum Gasteiger partial charge on any atom is -0.364 e. The number of halogens is 1. The van der Waals surface area contributed by atoms with Crippen molar-refractivity contribution in [3.05, 3.63) is 27.0 Å². The molecule has 3 heterocycles. The second kappa shape index (κ2) is 6.40. The summed E-state index contributed by atoms with van der Waals surface area (Å²) >= 11 is 5.24. The molecule has 6 nitrogen and oxygen atoms in total. The lowest BCUT2D eigenvalue weighted by atomic mass is 10.3. The Morgan fingerprint density at radius 2 is 2.24 bits per heavy atom. The van der Waals surface area contributed by atoms with Gasteiger partial charge in [-0.3, -0.25) is 5.10 Å². The topological polar surface area (TPSA) is 78.5 Å². The van der Waals surface area contributed by atoms with Crippen LogP contribution in [0.4, 0.5) is 11.8 Å². The van der Waals surface area contributed by atoms with Gasteiger partial charge in [0.15, 0.2) is 5.65 Å². The first-order chi connectivity index (χ1) is 10.3. The fourth-order valence-corrected chi connectivity index (χ4v) is 3.33. The van der Waals surface area contributed by atoms with Gasteiger partial charge in [0.1, 0.15) is 5.82 Å². The smallest absolute Gasteiger partial charge is 0.226 e.